The lowest BCUT2D eigenvalue weighted by atomic mass is 9.87. The molecule has 6 atom stereocenters. The van der Waals surface area contributed by atoms with E-state index < -0.39 is 12.3 Å². The van der Waals surface area contributed by atoms with Gasteiger partial charge in [-0.15, -0.1) is 0 Å². The van der Waals surface area contributed by atoms with Gasteiger partial charge in [0.25, 0.3) is 0 Å². The Morgan fingerprint density at radius 2 is 1.81 bits per heavy atom. The molecular weight excluding hydrogens is 729 g/mol. The summed E-state index contributed by atoms with van der Waals surface area (Å²) in [4.78, 5) is 16.7. The van der Waals surface area contributed by atoms with Gasteiger partial charge in [-0.05, 0) is 77.2 Å². The lowest BCUT2D eigenvalue weighted by Gasteiger charge is -2.56. The fourth-order valence-corrected chi connectivity index (χ4v) is 9.16. The summed E-state index contributed by atoms with van der Waals surface area (Å²) in [5, 5.41) is 15.1. The van der Waals surface area contributed by atoms with Crippen molar-refractivity contribution in [1.29, 1.82) is 0 Å². The molecule has 11 nitrogen and oxygen atoms in total. The molecule has 0 aliphatic carbocycles. The lowest BCUT2D eigenvalue weighted by Crippen LogP contribution is -2.68. The van der Waals surface area contributed by atoms with Gasteiger partial charge in [0.2, 0.25) is 5.88 Å². The van der Waals surface area contributed by atoms with Gasteiger partial charge < -0.3 is 29.1 Å². The second kappa shape index (κ2) is 15.9. The predicted octanol–water partition coefficient (Wildman–Crippen LogP) is 5.63. The van der Waals surface area contributed by atoms with Crippen molar-refractivity contribution in [2.24, 2.45) is 11.8 Å². The monoisotopic (exact) mass is 777 g/mol. The molecule has 0 radical (unpaired) electrons. The minimum absolute atomic E-state index is 0.128. The van der Waals surface area contributed by atoms with Crippen LogP contribution in [0.3, 0.4) is 0 Å². The normalized spacial score (nSPS) is 24.7. The first kappa shape index (κ1) is 35.7. The molecule has 5 aliphatic heterocycles. The number of aliphatic hydroxyl groups excluding tert-OH is 1. The molecule has 1 N–H and O–H groups in total. The topological polar surface area (TPSA) is 101 Å². The van der Waals surface area contributed by atoms with Crippen LogP contribution in [-0.4, -0.2) is 119 Å². The number of methoxy groups -OCH3 is 1. The number of rotatable bonds is 14. The fourth-order valence-electron chi connectivity index (χ4n) is 8.67. The Morgan fingerprint density at radius 1 is 1.00 bits per heavy atom. The molecule has 9 rings (SSSR count). The van der Waals surface area contributed by atoms with Crippen molar-refractivity contribution in [3.8, 4) is 22.8 Å². The van der Waals surface area contributed by atoms with Crippen LogP contribution >= 0.6 is 15.9 Å². The average molecular weight is 779 g/mol. The van der Waals surface area contributed by atoms with E-state index in [0.717, 1.165) is 92.3 Å². The molecule has 6 unspecified atom stereocenters. The highest BCUT2D eigenvalue weighted by Crippen LogP contribution is 2.37. The number of alkyl halides is 1. The number of likely N-dealkylation sites (tertiary alicyclic amines) is 1. The van der Waals surface area contributed by atoms with E-state index in [4.69, 9.17) is 19.2 Å². The molecule has 0 saturated carbocycles. The minimum Gasteiger partial charge on any atom is -0.492 e. The van der Waals surface area contributed by atoms with Gasteiger partial charge in [0.05, 0.1) is 42.2 Å². The molecule has 0 amide bonds. The van der Waals surface area contributed by atoms with Crippen molar-refractivity contribution in [1.82, 2.24) is 29.4 Å². The zero-order valence-electron chi connectivity index (χ0n) is 29.8. The fraction of sp³-hybridized carbons (Fsp3) is 0.564. The number of hydrogen-bond acceptors (Lipinski definition) is 10. The van der Waals surface area contributed by atoms with E-state index in [1.807, 2.05) is 30.7 Å². The molecule has 5 aliphatic rings. The van der Waals surface area contributed by atoms with Crippen molar-refractivity contribution in [2.45, 2.75) is 69.4 Å². The second-order valence-corrected chi connectivity index (χ2v) is 15.8. The molecule has 5 saturated heterocycles. The number of nitrogens with zero attached hydrogens (tertiary/aromatic N) is 7. The average Bonchev–Trinajstić information content (AvgIpc) is 3.67. The van der Waals surface area contributed by atoms with E-state index in [9.17, 15) is 9.50 Å². The molecule has 9 heterocycles. The first-order chi connectivity index (χ1) is 25.4. The highest BCUT2D eigenvalue weighted by molar-refractivity contribution is 9.10. The van der Waals surface area contributed by atoms with E-state index in [2.05, 4.69) is 58.9 Å². The Bertz CT molecular complexity index is 1770. The van der Waals surface area contributed by atoms with Crippen LogP contribution in [0.25, 0.3) is 16.6 Å². The Kier molecular flexibility index (Phi) is 10.9. The SMILES string of the molecule is COc1ccc(CN2C3CC2CN(c2ccc(-c4cc(OCCC(F)CC(O)CCN5CC6CCOCCC6C5)cn5ncc(Br)c45)cn2)C3)cn1. The Morgan fingerprint density at radius 3 is 2.52 bits per heavy atom. The first-order valence-electron chi connectivity index (χ1n) is 18.8. The number of hydrogen-bond donors (Lipinski definition) is 1. The lowest BCUT2D eigenvalue weighted by molar-refractivity contribution is -0.00876. The van der Waals surface area contributed by atoms with Crippen molar-refractivity contribution in [3.05, 3.63) is 65.2 Å². The standard InChI is InChI=1S/C39H49BrFN7O4/c1-50-38-5-2-26(17-43-38)20-47-31-15-32(47)24-46(23-31)37-4-3-27(18-42-37)35-16-34(25-48-39(35)36(40)19-44-48)52-13-9-30(41)14-33(49)6-10-45-21-28-7-11-51-12-8-29(28)22-45/h2-5,16-19,25,28-33,49H,6-15,20-24H2,1H3. The number of aromatic nitrogens is 4. The number of anilines is 1. The second-order valence-electron chi connectivity index (χ2n) is 15.0. The van der Waals surface area contributed by atoms with E-state index in [1.165, 1.54) is 12.0 Å². The summed E-state index contributed by atoms with van der Waals surface area (Å²) in [5.41, 5.74) is 3.99. The maximum atomic E-state index is 15.0. The molecule has 52 heavy (non-hydrogen) atoms. The van der Waals surface area contributed by atoms with Crippen molar-refractivity contribution < 1.29 is 23.7 Å². The van der Waals surface area contributed by atoms with Crippen molar-refractivity contribution >= 4 is 27.3 Å². The van der Waals surface area contributed by atoms with Crippen LogP contribution in [0.15, 0.2) is 59.6 Å². The van der Waals surface area contributed by atoms with Crippen LogP contribution in [0.1, 0.15) is 44.1 Å². The molecule has 5 fully saturated rings. The predicted molar refractivity (Wildman–Crippen MR) is 201 cm³/mol. The molecule has 0 aromatic carbocycles. The maximum Gasteiger partial charge on any atom is 0.212 e. The molecule has 13 heteroatoms. The molecule has 0 spiro atoms. The molecule has 278 valence electrons. The summed E-state index contributed by atoms with van der Waals surface area (Å²) in [6.45, 7) is 7.64. The summed E-state index contributed by atoms with van der Waals surface area (Å²) < 4.78 is 34.6. The Labute approximate surface area is 313 Å². The zero-order chi connectivity index (χ0) is 35.6. The molecular formula is C39H49BrFN7O4. The third kappa shape index (κ3) is 7.94. The van der Waals surface area contributed by atoms with Gasteiger partial charge in [0.1, 0.15) is 17.7 Å². The highest BCUT2D eigenvalue weighted by Gasteiger charge is 2.44. The number of pyridine rings is 3. The summed E-state index contributed by atoms with van der Waals surface area (Å²) >= 11 is 3.66. The summed E-state index contributed by atoms with van der Waals surface area (Å²) in [7, 11) is 1.64. The number of halogens is 2. The zero-order valence-corrected chi connectivity index (χ0v) is 31.4. The third-order valence-corrected chi connectivity index (χ3v) is 12.1. The van der Waals surface area contributed by atoms with Crippen molar-refractivity contribution in [3.63, 3.8) is 0 Å². The summed E-state index contributed by atoms with van der Waals surface area (Å²) in [6, 6.07) is 11.2. The number of aliphatic hydroxyl groups is 1. The minimum atomic E-state index is -1.14. The first-order valence-corrected chi connectivity index (χ1v) is 19.6. The van der Waals surface area contributed by atoms with Gasteiger partial charge in [-0.3, -0.25) is 4.90 Å². The third-order valence-electron chi connectivity index (χ3n) is 11.6. The molecule has 4 aromatic heterocycles. The van der Waals surface area contributed by atoms with Gasteiger partial charge in [-0.1, -0.05) is 6.07 Å². The van der Waals surface area contributed by atoms with E-state index in [1.54, 1.807) is 17.8 Å². The summed E-state index contributed by atoms with van der Waals surface area (Å²) in [5.74, 6) is 3.60. The number of piperazine rings is 1. The maximum absolute atomic E-state index is 15.0. The number of ether oxygens (including phenoxy) is 3. The van der Waals surface area contributed by atoms with Gasteiger partial charge in [-0.25, -0.2) is 18.9 Å². The van der Waals surface area contributed by atoms with Crippen LogP contribution in [0.5, 0.6) is 11.6 Å². The van der Waals surface area contributed by atoms with E-state index in [-0.39, 0.29) is 19.4 Å². The van der Waals surface area contributed by atoms with Gasteiger partial charge in [0, 0.05) is 107 Å². The van der Waals surface area contributed by atoms with Gasteiger partial charge >= 0.3 is 0 Å². The molecule has 4 aromatic rings. The van der Waals surface area contributed by atoms with Crippen molar-refractivity contribution in [2.75, 3.05) is 64.6 Å². The molecule has 2 bridgehead atoms. The highest BCUT2D eigenvalue weighted by atomic mass is 79.9. The summed E-state index contributed by atoms with van der Waals surface area (Å²) in [6.07, 6.45) is 10.0. The van der Waals surface area contributed by atoms with Crippen LogP contribution < -0.4 is 14.4 Å². The Balaban J connectivity index is 0.836. The number of fused-ring (bicyclic) bond motifs is 4. The van der Waals surface area contributed by atoms with Crippen LogP contribution in [-0.2, 0) is 11.3 Å². The number of piperidine rings is 1. The van der Waals surface area contributed by atoms with E-state index >= 15 is 0 Å². The Hall–Kier alpha value is -3.36. The smallest absolute Gasteiger partial charge is 0.212 e. The van der Waals surface area contributed by atoms with Crippen LogP contribution in [0.2, 0.25) is 0 Å². The van der Waals surface area contributed by atoms with E-state index in [0.29, 0.717) is 42.0 Å². The van der Waals surface area contributed by atoms with Gasteiger partial charge in [-0.2, -0.15) is 5.10 Å². The van der Waals surface area contributed by atoms with Gasteiger partial charge in [0.15, 0.2) is 0 Å². The van der Waals surface area contributed by atoms with Crippen LogP contribution in [0.4, 0.5) is 10.2 Å². The quantitative estimate of drug-likeness (QED) is 0.174. The van der Waals surface area contributed by atoms with Crippen LogP contribution in [0, 0.1) is 11.8 Å². The largest absolute Gasteiger partial charge is 0.492 e.